The van der Waals surface area contributed by atoms with E-state index in [9.17, 15) is 18.0 Å². The average Bonchev–Trinajstić information content (AvgIpc) is 2.45. The van der Waals surface area contributed by atoms with Gasteiger partial charge in [-0.2, -0.15) is 13.2 Å². The molecule has 0 spiro atoms. The number of carbonyl (C=O) groups is 1. The van der Waals surface area contributed by atoms with Crippen molar-refractivity contribution in [3.8, 4) is 5.75 Å². The van der Waals surface area contributed by atoms with Crippen LogP contribution in [0.2, 0.25) is 5.02 Å². The summed E-state index contributed by atoms with van der Waals surface area (Å²) in [6, 6.07) is 8.26. The largest absolute Gasteiger partial charge is 0.484 e. The normalized spacial score (nSPS) is 11.2. The van der Waals surface area contributed by atoms with Gasteiger partial charge >= 0.3 is 6.18 Å². The van der Waals surface area contributed by atoms with Crippen LogP contribution in [0.25, 0.3) is 0 Å². The van der Waals surface area contributed by atoms with Gasteiger partial charge in [0.25, 0.3) is 5.91 Å². The number of amides is 1. The third-order valence-corrected chi connectivity index (χ3v) is 3.45. The average molecular weight is 358 g/mol. The van der Waals surface area contributed by atoms with E-state index in [1.54, 1.807) is 12.1 Å². The highest BCUT2D eigenvalue weighted by atomic mass is 35.5. The molecule has 128 valence electrons. The molecule has 0 aliphatic carbocycles. The molecule has 0 saturated heterocycles. The Hall–Kier alpha value is -2.21. The second-order valence-electron chi connectivity index (χ2n) is 5.35. The van der Waals surface area contributed by atoms with Gasteiger partial charge in [-0.25, -0.2) is 0 Å². The lowest BCUT2D eigenvalue weighted by Gasteiger charge is -2.12. The number of aryl methyl sites for hydroxylation is 2. The van der Waals surface area contributed by atoms with Crippen molar-refractivity contribution in [3.05, 3.63) is 58.1 Å². The summed E-state index contributed by atoms with van der Waals surface area (Å²) in [6.45, 7) is 3.53. The smallest absolute Gasteiger partial charge is 0.416 e. The number of alkyl halides is 3. The molecule has 0 aliphatic heterocycles. The second kappa shape index (κ2) is 7.13. The van der Waals surface area contributed by atoms with Crippen LogP contribution in [0.1, 0.15) is 16.7 Å². The predicted molar refractivity (Wildman–Crippen MR) is 86.5 cm³/mol. The number of anilines is 1. The zero-order valence-electron chi connectivity index (χ0n) is 13.0. The topological polar surface area (TPSA) is 38.3 Å². The quantitative estimate of drug-likeness (QED) is 0.836. The van der Waals surface area contributed by atoms with Gasteiger partial charge in [0.2, 0.25) is 0 Å². The van der Waals surface area contributed by atoms with Crippen LogP contribution in [0.4, 0.5) is 18.9 Å². The second-order valence-corrected chi connectivity index (χ2v) is 5.76. The molecule has 2 aromatic rings. The number of carbonyl (C=O) groups excluding carboxylic acids is 1. The molecule has 0 atom stereocenters. The monoisotopic (exact) mass is 357 g/mol. The van der Waals surface area contributed by atoms with E-state index in [0.717, 1.165) is 29.3 Å². The van der Waals surface area contributed by atoms with E-state index >= 15 is 0 Å². The summed E-state index contributed by atoms with van der Waals surface area (Å²) in [6.07, 6.45) is -4.49. The number of halogens is 4. The molecule has 7 heteroatoms. The van der Waals surface area contributed by atoms with Gasteiger partial charge in [0, 0.05) is 0 Å². The van der Waals surface area contributed by atoms with Gasteiger partial charge < -0.3 is 10.1 Å². The molecule has 0 heterocycles. The van der Waals surface area contributed by atoms with Crippen LogP contribution in [0.5, 0.6) is 5.75 Å². The van der Waals surface area contributed by atoms with Crippen molar-refractivity contribution in [2.24, 2.45) is 0 Å². The Labute approximate surface area is 142 Å². The van der Waals surface area contributed by atoms with Gasteiger partial charge in [-0.1, -0.05) is 17.7 Å². The minimum atomic E-state index is -4.49. The van der Waals surface area contributed by atoms with E-state index in [1.165, 1.54) is 0 Å². The molecule has 3 nitrogen and oxygen atoms in total. The molecule has 1 N–H and O–H groups in total. The molecule has 0 saturated carbocycles. The first-order valence-corrected chi connectivity index (χ1v) is 7.40. The molecule has 0 aromatic heterocycles. The highest BCUT2D eigenvalue weighted by molar-refractivity contribution is 6.33. The molecule has 24 heavy (non-hydrogen) atoms. The Kier molecular flexibility index (Phi) is 5.39. The van der Waals surface area contributed by atoms with Gasteiger partial charge in [0.1, 0.15) is 5.75 Å². The standard InChI is InChI=1S/C17H15ClF3NO2/c1-10-5-11(2)7-13(6-10)24-9-16(23)22-15-4-3-12(8-14(15)18)17(19,20)21/h3-8H,9H2,1-2H3,(H,22,23). The zero-order chi connectivity index (χ0) is 17.9. The van der Waals surface area contributed by atoms with Crippen LogP contribution in [-0.2, 0) is 11.0 Å². The van der Waals surface area contributed by atoms with Crippen LogP contribution < -0.4 is 10.1 Å². The molecule has 0 radical (unpaired) electrons. The highest BCUT2D eigenvalue weighted by Crippen LogP contribution is 2.33. The van der Waals surface area contributed by atoms with Gasteiger partial charge in [0.15, 0.2) is 6.61 Å². The van der Waals surface area contributed by atoms with E-state index in [2.05, 4.69) is 5.32 Å². The first kappa shape index (κ1) is 18.1. The van der Waals surface area contributed by atoms with Crippen molar-refractivity contribution >= 4 is 23.2 Å². The van der Waals surface area contributed by atoms with Crippen molar-refractivity contribution in [2.75, 3.05) is 11.9 Å². The maximum Gasteiger partial charge on any atom is 0.416 e. The molecule has 1 amide bonds. The number of hydrogen-bond donors (Lipinski definition) is 1. The summed E-state index contributed by atoms with van der Waals surface area (Å²) in [4.78, 5) is 11.9. The van der Waals surface area contributed by atoms with Gasteiger partial charge in [-0.05, 0) is 55.3 Å². The fraction of sp³-hybridized carbons (Fsp3) is 0.235. The fourth-order valence-electron chi connectivity index (χ4n) is 2.14. The van der Waals surface area contributed by atoms with E-state index in [0.29, 0.717) is 5.75 Å². The van der Waals surface area contributed by atoms with Crippen molar-refractivity contribution < 1.29 is 22.7 Å². The summed E-state index contributed by atoms with van der Waals surface area (Å²) in [7, 11) is 0. The van der Waals surface area contributed by atoms with E-state index < -0.39 is 17.6 Å². The fourth-order valence-corrected chi connectivity index (χ4v) is 2.37. The summed E-state index contributed by atoms with van der Waals surface area (Å²) >= 11 is 5.78. The summed E-state index contributed by atoms with van der Waals surface area (Å²) < 4.78 is 43.1. The van der Waals surface area contributed by atoms with Crippen LogP contribution in [0.15, 0.2) is 36.4 Å². The maximum absolute atomic E-state index is 12.6. The molecule has 0 bridgehead atoms. The third kappa shape index (κ3) is 4.89. The number of nitrogens with one attached hydrogen (secondary N) is 1. The first-order valence-electron chi connectivity index (χ1n) is 7.03. The van der Waals surface area contributed by atoms with Crippen LogP contribution in [-0.4, -0.2) is 12.5 Å². The molecule has 2 rings (SSSR count). The number of hydrogen-bond acceptors (Lipinski definition) is 2. The summed E-state index contributed by atoms with van der Waals surface area (Å²) in [5, 5.41) is 2.23. The maximum atomic E-state index is 12.6. The van der Waals surface area contributed by atoms with Crippen molar-refractivity contribution in [1.82, 2.24) is 0 Å². The lowest BCUT2D eigenvalue weighted by atomic mass is 10.1. The lowest BCUT2D eigenvalue weighted by Crippen LogP contribution is -2.20. The molecule has 0 aliphatic rings. The van der Waals surface area contributed by atoms with E-state index in [4.69, 9.17) is 16.3 Å². The predicted octanol–water partition coefficient (Wildman–Crippen LogP) is 4.99. The van der Waals surface area contributed by atoms with Gasteiger partial charge in [-0.3, -0.25) is 4.79 Å². The Balaban J connectivity index is 1.99. The minimum absolute atomic E-state index is 0.0960. The summed E-state index contributed by atoms with van der Waals surface area (Å²) in [5.41, 5.74) is 1.21. The first-order chi connectivity index (χ1) is 11.1. The Morgan fingerprint density at radius 3 is 2.29 bits per heavy atom. The highest BCUT2D eigenvalue weighted by Gasteiger charge is 2.30. The Bertz CT molecular complexity index is 740. The van der Waals surface area contributed by atoms with E-state index in [-0.39, 0.29) is 17.3 Å². The number of ether oxygens (including phenoxy) is 1. The van der Waals surface area contributed by atoms with Gasteiger partial charge in [0.05, 0.1) is 16.3 Å². The van der Waals surface area contributed by atoms with Crippen molar-refractivity contribution in [1.29, 1.82) is 0 Å². The lowest BCUT2D eigenvalue weighted by molar-refractivity contribution is -0.137. The molecule has 2 aromatic carbocycles. The van der Waals surface area contributed by atoms with Crippen molar-refractivity contribution in [2.45, 2.75) is 20.0 Å². The number of benzene rings is 2. The van der Waals surface area contributed by atoms with E-state index in [1.807, 2.05) is 19.9 Å². The summed E-state index contributed by atoms with van der Waals surface area (Å²) in [5.74, 6) is 0.0250. The molecule has 0 fully saturated rings. The van der Waals surface area contributed by atoms with Crippen LogP contribution in [0, 0.1) is 13.8 Å². The molecular formula is C17H15ClF3NO2. The van der Waals surface area contributed by atoms with Gasteiger partial charge in [-0.15, -0.1) is 0 Å². The zero-order valence-corrected chi connectivity index (χ0v) is 13.8. The van der Waals surface area contributed by atoms with Crippen molar-refractivity contribution in [3.63, 3.8) is 0 Å². The molecular weight excluding hydrogens is 343 g/mol. The minimum Gasteiger partial charge on any atom is -0.484 e. The molecule has 0 unspecified atom stereocenters. The van der Waals surface area contributed by atoms with Crippen LogP contribution >= 0.6 is 11.6 Å². The third-order valence-electron chi connectivity index (χ3n) is 3.14. The Morgan fingerprint density at radius 2 is 1.75 bits per heavy atom. The number of rotatable bonds is 4. The van der Waals surface area contributed by atoms with Crippen LogP contribution in [0.3, 0.4) is 0 Å². The Morgan fingerprint density at radius 1 is 1.12 bits per heavy atom. The SMILES string of the molecule is Cc1cc(C)cc(OCC(=O)Nc2ccc(C(F)(F)F)cc2Cl)c1.